The molecule has 2 atom stereocenters. The molecule has 0 fully saturated rings. The Balaban J connectivity index is 1.64. The largest absolute Gasteiger partial charge is 0.461 e. The number of halogens is 1. The molecule has 0 aliphatic heterocycles. The van der Waals surface area contributed by atoms with Crippen LogP contribution in [0.5, 0.6) is 0 Å². The molecule has 1 heterocycles. The van der Waals surface area contributed by atoms with Crippen molar-refractivity contribution in [2.45, 2.75) is 32.4 Å². The minimum atomic E-state index is -0.611. The van der Waals surface area contributed by atoms with Crippen molar-refractivity contribution in [3.8, 4) is 0 Å². The summed E-state index contributed by atoms with van der Waals surface area (Å²) in [5.74, 6) is -0.308. The number of fused-ring (bicyclic) bond motifs is 1. The number of nitrogens with zero attached hydrogens (tertiary/aromatic N) is 1. The number of rotatable bonds is 8. The number of esters is 1. The molecule has 0 amide bonds. The highest BCUT2D eigenvalue weighted by molar-refractivity contribution is 6.30. The van der Waals surface area contributed by atoms with Crippen molar-refractivity contribution in [3.05, 3.63) is 70.4 Å². The van der Waals surface area contributed by atoms with Crippen LogP contribution in [0.15, 0.2) is 48.5 Å². The van der Waals surface area contributed by atoms with Gasteiger partial charge in [0.05, 0.1) is 12.7 Å². The second-order valence-electron chi connectivity index (χ2n) is 7.29. The van der Waals surface area contributed by atoms with E-state index in [2.05, 4.69) is 24.4 Å². The molecule has 2 aromatic carbocycles. The summed E-state index contributed by atoms with van der Waals surface area (Å²) in [6, 6.07) is 15.5. The first kappa shape index (κ1) is 21.4. The Morgan fingerprint density at radius 2 is 2.03 bits per heavy atom. The fraction of sp³-hybridized carbons (Fsp3) is 0.348. The number of carbonyl (C=O) groups excluding carboxylic acids is 1. The van der Waals surface area contributed by atoms with Crippen LogP contribution in [-0.2, 0) is 18.2 Å². The minimum absolute atomic E-state index is 0.175. The first-order chi connectivity index (χ1) is 13.9. The predicted molar refractivity (Wildman–Crippen MR) is 116 cm³/mol. The van der Waals surface area contributed by atoms with E-state index in [1.807, 2.05) is 35.9 Å². The van der Waals surface area contributed by atoms with Crippen LogP contribution in [0, 0.1) is 0 Å². The number of hydrogen-bond acceptors (Lipinski definition) is 4. The smallest absolute Gasteiger partial charge is 0.354 e. The Morgan fingerprint density at radius 1 is 1.24 bits per heavy atom. The van der Waals surface area contributed by atoms with Gasteiger partial charge in [-0.25, -0.2) is 4.79 Å². The second-order valence-corrected chi connectivity index (χ2v) is 7.72. The normalized spacial score (nSPS) is 13.4. The Bertz CT molecular complexity index is 999. The molecule has 0 saturated heterocycles. The van der Waals surface area contributed by atoms with E-state index in [0.717, 1.165) is 28.5 Å². The van der Waals surface area contributed by atoms with Gasteiger partial charge in [-0.15, -0.1) is 0 Å². The van der Waals surface area contributed by atoms with Crippen LogP contribution >= 0.6 is 11.6 Å². The van der Waals surface area contributed by atoms with Crippen molar-refractivity contribution in [3.63, 3.8) is 0 Å². The summed E-state index contributed by atoms with van der Waals surface area (Å²) < 4.78 is 6.99. The third-order valence-corrected chi connectivity index (χ3v) is 5.26. The molecule has 0 bridgehead atoms. The summed E-state index contributed by atoms with van der Waals surface area (Å²) in [5, 5.41) is 15.4. The number of aliphatic hydroxyl groups excluding tert-OH is 1. The van der Waals surface area contributed by atoms with Crippen molar-refractivity contribution < 1.29 is 14.6 Å². The van der Waals surface area contributed by atoms with Crippen LogP contribution in [0.25, 0.3) is 10.9 Å². The molecular weight excluding hydrogens is 388 g/mol. The molecule has 29 heavy (non-hydrogen) atoms. The lowest BCUT2D eigenvalue weighted by molar-refractivity contribution is 0.0516. The topological polar surface area (TPSA) is 63.5 Å². The van der Waals surface area contributed by atoms with Crippen molar-refractivity contribution in [2.24, 2.45) is 7.05 Å². The number of ether oxygens (including phenoxy) is 1. The van der Waals surface area contributed by atoms with E-state index in [9.17, 15) is 9.90 Å². The SMILES string of the molecule is CCOC(=O)c1cc2cc(C[C@@H](C)NC[C@H](O)c3cccc(Cl)c3)ccc2n1C. The molecule has 0 aliphatic carbocycles. The van der Waals surface area contributed by atoms with Gasteiger partial charge in [-0.3, -0.25) is 0 Å². The predicted octanol–water partition coefficient (Wildman–Crippen LogP) is 4.26. The number of aryl methyl sites for hydroxylation is 1. The van der Waals surface area contributed by atoms with Gasteiger partial charge in [-0.2, -0.15) is 0 Å². The number of aromatic nitrogens is 1. The van der Waals surface area contributed by atoms with Gasteiger partial charge in [-0.05, 0) is 61.7 Å². The van der Waals surface area contributed by atoms with E-state index in [4.69, 9.17) is 16.3 Å². The zero-order chi connectivity index (χ0) is 21.0. The van der Waals surface area contributed by atoms with Crippen LogP contribution in [-0.4, -0.2) is 34.8 Å². The van der Waals surface area contributed by atoms with Gasteiger partial charge < -0.3 is 19.7 Å². The zero-order valence-electron chi connectivity index (χ0n) is 17.0. The van der Waals surface area contributed by atoms with Crippen LogP contribution in [0.3, 0.4) is 0 Å². The van der Waals surface area contributed by atoms with Gasteiger partial charge in [0.2, 0.25) is 0 Å². The summed E-state index contributed by atoms with van der Waals surface area (Å²) >= 11 is 5.99. The first-order valence-corrected chi connectivity index (χ1v) is 10.2. The van der Waals surface area contributed by atoms with E-state index in [-0.39, 0.29) is 12.0 Å². The molecule has 2 N–H and O–H groups in total. The molecule has 0 radical (unpaired) electrons. The van der Waals surface area contributed by atoms with Crippen molar-refractivity contribution >= 4 is 28.5 Å². The summed E-state index contributed by atoms with van der Waals surface area (Å²) in [7, 11) is 1.87. The monoisotopic (exact) mass is 414 g/mol. The van der Waals surface area contributed by atoms with Crippen molar-refractivity contribution in [1.82, 2.24) is 9.88 Å². The molecular formula is C23H27ClN2O3. The Kier molecular flexibility index (Phi) is 6.96. The minimum Gasteiger partial charge on any atom is -0.461 e. The first-order valence-electron chi connectivity index (χ1n) is 9.81. The molecule has 0 aliphatic rings. The zero-order valence-corrected chi connectivity index (χ0v) is 17.7. The molecule has 1 aromatic heterocycles. The molecule has 0 unspecified atom stereocenters. The second kappa shape index (κ2) is 9.44. The maximum absolute atomic E-state index is 12.1. The third-order valence-electron chi connectivity index (χ3n) is 5.03. The maximum Gasteiger partial charge on any atom is 0.354 e. The molecule has 0 saturated carbocycles. The molecule has 3 rings (SSSR count). The van der Waals surface area contributed by atoms with Gasteiger partial charge in [0.1, 0.15) is 5.69 Å². The van der Waals surface area contributed by atoms with Crippen LogP contribution in [0.1, 0.15) is 41.6 Å². The van der Waals surface area contributed by atoms with Crippen molar-refractivity contribution in [1.29, 1.82) is 0 Å². The Labute approximate surface area is 176 Å². The molecule has 154 valence electrons. The van der Waals surface area contributed by atoms with Crippen molar-refractivity contribution in [2.75, 3.05) is 13.2 Å². The lowest BCUT2D eigenvalue weighted by Gasteiger charge is -2.18. The van der Waals surface area contributed by atoms with Gasteiger partial charge in [0, 0.05) is 35.6 Å². The van der Waals surface area contributed by atoms with Gasteiger partial charge in [0.15, 0.2) is 0 Å². The highest BCUT2D eigenvalue weighted by atomic mass is 35.5. The number of carbonyl (C=O) groups is 1. The molecule has 6 heteroatoms. The van der Waals surface area contributed by atoms with Gasteiger partial charge in [-0.1, -0.05) is 29.8 Å². The fourth-order valence-electron chi connectivity index (χ4n) is 3.50. The average molecular weight is 415 g/mol. The van der Waals surface area contributed by atoms with Crippen LogP contribution in [0.4, 0.5) is 0 Å². The Morgan fingerprint density at radius 3 is 2.76 bits per heavy atom. The molecule has 3 aromatic rings. The number of hydrogen-bond donors (Lipinski definition) is 2. The summed E-state index contributed by atoms with van der Waals surface area (Å²) in [4.78, 5) is 12.1. The summed E-state index contributed by atoms with van der Waals surface area (Å²) in [6.45, 7) is 4.69. The quantitative estimate of drug-likeness (QED) is 0.540. The number of nitrogens with one attached hydrogen (secondary N) is 1. The van der Waals surface area contributed by atoms with Gasteiger partial charge in [0.25, 0.3) is 0 Å². The number of aliphatic hydroxyl groups is 1. The van der Waals surface area contributed by atoms with Crippen LogP contribution in [0.2, 0.25) is 5.02 Å². The van der Waals surface area contributed by atoms with E-state index in [0.29, 0.717) is 23.9 Å². The van der Waals surface area contributed by atoms with E-state index < -0.39 is 6.10 Å². The summed E-state index contributed by atoms with van der Waals surface area (Å²) in [5.41, 5.74) is 3.51. The van der Waals surface area contributed by atoms with Crippen LogP contribution < -0.4 is 5.32 Å². The fourth-order valence-corrected chi connectivity index (χ4v) is 3.70. The van der Waals surface area contributed by atoms with Gasteiger partial charge >= 0.3 is 5.97 Å². The lowest BCUT2D eigenvalue weighted by atomic mass is 10.0. The van der Waals surface area contributed by atoms with E-state index in [1.165, 1.54) is 0 Å². The average Bonchev–Trinajstić information content (AvgIpc) is 3.02. The highest BCUT2D eigenvalue weighted by Crippen LogP contribution is 2.22. The number of benzene rings is 2. The molecule has 5 nitrogen and oxygen atoms in total. The molecule has 0 spiro atoms. The Hall–Kier alpha value is -2.34. The third kappa shape index (κ3) is 5.18. The standard InChI is InChI=1S/C23H27ClN2O3/c1-4-29-23(28)21-13-18-11-16(8-9-20(18)26(21)3)10-15(2)25-14-22(27)17-6-5-7-19(24)12-17/h5-9,11-13,15,22,25,27H,4,10,14H2,1-3H3/t15-,22+/m1/s1. The summed E-state index contributed by atoms with van der Waals surface area (Å²) in [6.07, 6.45) is 0.196. The van der Waals surface area contributed by atoms with E-state index >= 15 is 0 Å². The lowest BCUT2D eigenvalue weighted by Crippen LogP contribution is -2.32. The maximum atomic E-state index is 12.1. The van der Waals surface area contributed by atoms with E-state index in [1.54, 1.807) is 19.1 Å². The highest BCUT2D eigenvalue weighted by Gasteiger charge is 2.15.